The molecule has 0 bridgehead atoms. The van der Waals surface area contributed by atoms with Gasteiger partial charge in [0.25, 0.3) is 0 Å². The summed E-state index contributed by atoms with van der Waals surface area (Å²) in [4.78, 5) is 35.9. The predicted octanol–water partition coefficient (Wildman–Crippen LogP) is 3.76. The van der Waals surface area contributed by atoms with E-state index < -0.39 is 46.7 Å². The number of hydrogen-bond acceptors (Lipinski definition) is 5. The van der Waals surface area contributed by atoms with Crippen LogP contribution in [0.2, 0.25) is 5.02 Å². The van der Waals surface area contributed by atoms with Crippen LogP contribution in [0.25, 0.3) is 11.0 Å². The first kappa shape index (κ1) is 17.8. The van der Waals surface area contributed by atoms with Crippen molar-refractivity contribution >= 4 is 34.3 Å². The number of ketones is 1. The molecule has 0 radical (unpaired) electrons. The molecule has 1 aromatic heterocycles. The minimum atomic E-state index is -1.09. The number of esters is 1. The molecule has 132 valence electrons. The highest BCUT2D eigenvalue weighted by atomic mass is 35.5. The number of hydrogen-bond donors (Lipinski definition) is 0. The number of carbonyl (C=O) groups excluding carboxylic acids is 2. The lowest BCUT2D eigenvalue weighted by Gasteiger charge is -2.06. The van der Waals surface area contributed by atoms with Gasteiger partial charge in [-0.05, 0) is 36.4 Å². The second kappa shape index (κ2) is 7.05. The van der Waals surface area contributed by atoms with Crippen LogP contribution in [-0.2, 0) is 4.74 Å². The van der Waals surface area contributed by atoms with E-state index in [-0.39, 0.29) is 11.0 Å². The number of Topliss-reactive ketones (excluding diaryl/α,β-unsaturated/α-hetero) is 1. The number of benzene rings is 2. The van der Waals surface area contributed by atoms with Crippen LogP contribution < -0.4 is 5.43 Å². The largest absolute Gasteiger partial charge is 0.451 e. The molecule has 0 saturated heterocycles. The second-order valence-corrected chi connectivity index (χ2v) is 5.68. The average molecular weight is 379 g/mol. The van der Waals surface area contributed by atoms with E-state index in [1.165, 1.54) is 18.2 Å². The first-order chi connectivity index (χ1) is 12.3. The van der Waals surface area contributed by atoms with Gasteiger partial charge in [0.15, 0.2) is 12.0 Å². The molecule has 0 aliphatic carbocycles. The summed E-state index contributed by atoms with van der Waals surface area (Å²) in [6.07, 6.45) is 0. The number of fused-ring (bicyclic) bond motifs is 1. The van der Waals surface area contributed by atoms with Crippen molar-refractivity contribution in [1.82, 2.24) is 0 Å². The van der Waals surface area contributed by atoms with Crippen molar-refractivity contribution in [2.45, 2.75) is 0 Å². The zero-order valence-corrected chi connectivity index (χ0v) is 13.7. The lowest BCUT2D eigenvalue weighted by atomic mass is 10.1. The molecular weight excluding hydrogens is 370 g/mol. The Balaban J connectivity index is 1.79. The van der Waals surface area contributed by atoms with E-state index in [4.69, 9.17) is 20.8 Å². The Kier molecular flexibility index (Phi) is 4.81. The molecule has 0 amide bonds. The van der Waals surface area contributed by atoms with Gasteiger partial charge in [0.05, 0.1) is 10.9 Å². The number of rotatable bonds is 4. The summed E-state index contributed by atoms with van der Waals surface area (Å²) in [7, 11) is 0. The fourth-order valence-electron chi connectivity index (χ4n) is 2.22. The van der Waals surface area contributed by atoms with E-state index in [1.807, 2.05) is 0 Å². The van der Waals surface area contributed by atoms with Crippen LogP contribution in [0.3, 0.4) is 0 Å². The lowest BCUT2D eigenvalue weighted by Crippen LogP contribution is -2.17. The van der Waals surface area contributed by atoms with E-state index in [9.17, 15) is 23.2 Å². The zero-order chi connectivity index (χ0) is 18.8. The molecule has 5 nitrogen and oxygen atoms in total. The second-order valence-electron chi connectivity index (χ2n) is 5.24. The van der Waals surface area contributed by atoms with Gasteiger partial charge in [-0.1, -0.05) is 11.6 Å². The first-order valence-corrected chi connectivity index (χ1v) is 7.62. The van der Waals surface area contributed by atoms with Crippen molar-refractivity contribution in [3.63, 3.8) is 0 Å². The number of carbonyl (C=O) groups is 2. The Hall–Kier alpha value is -3.06. The van der Waals surface area contributed by atoms with Crippen LogP contribution in [0, 0.1) is 11.6 Å². The highest BCUT2D eigenvalue weighted by Gasteiger charge is 2.18. The van der Waals surface area contributed by atoms with Gasteiger partial charge >= 0.3 is 5.97 Å². The monoisotopic (exact) mass is 378 g/mol. The van der Waals surface area contributed by atoms with Crippen molar-refractivity contribution in [2.24, 2.45) is 0 Å². The molecule has 0 atom stereocenters. The standard InChI is InChI=1S/C18H9ClF2O5/c19-9-1-4-16-12(5-9)14(22)7-17(26-16)18(24)25-8-15(23)11-6-10(20)2-3-13(11)21/h1-7H,8H2. The molecule has 0 N–H and O–H groups in total. The Labute approximate surface area is 149 Å². The fraction of sp³-hybridized carbons (Fsp3) is 0.0556. The molecule has 26 heavy (non-hydrogen) atoms. The Morgan fingerprint density at radius 2 is 1.85 bits per heavy atom. The van der Waals surface area contributed by atoms with Crippen molar-refractivity contribution in [2.75, 3.05) is 6.61 Å². The van der Waals surface area contributed by atoms with E-state index >= 15 is 0 Å². The van der Waals surface area contributed by atoms with E-state index in [0.29, 0.717) is 11.1 Å². The topological polar surface area (TPSA) is 73.6 Å². The van der Waals surface area contributed by atoms with Crippen molar-refractivity contribution < 1.29 is 27.5 Å². The maximum atomic E-state index is 13.5. The quantitative estimate of drug-likeness (QED) is 0.510. The average Bonchev–Trinajstić information content (AvgIpc) is 2.61. The third kappa shape index (κ3) is 3.62. The highest BCUT2D eigenvalue weighted by molar-refractivity contribution is 6.31. The summed E-state index contributed by atoms with van der Waals surface area (Å²) in [6, 6.07) is 7.50. The highest BCUT2D eigenvalue weighted by Crippen LogP contribution is 2.18. The molecule has 3 aromatic rings. The van der Waals surface area contributed by atoms with E-state index in [1.54, 1.807) is 0 Å². The van der Waals surface area contributed by atoms with Gasteiger partial charge in [-0.2, -0.15) is 0 Å². The molecule has 0 aliphatic rings. The van der Waals surface area contributed by atoms with Crippen molar-refractivity contribution in [3.05, 3.63) is 80.7 Å². The van der Waals surface area contributed by atoms with Crippen LogP contribution in [0.5, 0.6) is 0 Å². The summed E-state index contributed by atoms with van der Waals surface area (Å²) in [5, 5.41) is 0.495. The van der Waals surface area contributed by atoms with Crippen molar-refractivity contribution in [1.29, 1.82) is 0 Å². The van der Waals surface area contributed by atoms with Crippen LogP contribution in [-0.4, -0.2) is 18.4 Å². The van der Waals surface area contributed by atoms with Gasteiger partial charge in [0, 0.05) is 11.1 Å². The van der Waals surface area contributed by atoms with Gasteiger partial charge in [-0.15, -0.1) is 0 Å². The molecule has 0 fully saturated rings. The Bertz CT molecular complexity index is 1090. The minimum absolute atomic E-state index is 0.108. The Morgan fingerprint density at radius 1 is 1.08 bits per heavy atom. The fourth-order valence-corrected chi connectivity index (χ4v) is 2.39. The molecule has 1 heterocycles. The van der Waals surface area contributed by atoms with Gasteiger partial charge in [0.2, 0.25) is 11.5 Å². The van der Waals surface area contributed by atoms with Gasteiger partial charge < -0.3 is 9.15 Å². The lowest BCUT2D eigenvalue weighted by molar-refractivity contribution is 0.0443. The van der Waals surface area contributed by atoms with E-state index in [2.05, 4.69) is 0 Å². The third-order valence-electron chi connectivity index (χ3n) is 3.45. The van der Waals surface area contributed by atoms with Gasteiger partial charge in [0.1, 0.15) is 17.2 Å². The molecule has 3 rings (SSSR count). The van der Waals surface area contributed by atoms with Crippen LogP contribution >= 0.6 is 11.6 Å². The SMILES string of the molecule is O=C(OCC(=O)c1cc(F)ccc1F)c1cc(=O)c2cc(Cl)ccc2o1. The molecule has 0 aliphatic heterocycles. The maximum Gasteiger partial charge on any atom is 0.374 e. The Morgan fingerprint density at radius 3 is 2.62 bits per heavy atom. The number of ether oxygens (including phenoxy) is 1. The van der Waals surface area contributed by atoms with Crippen molar-refractivity contribution in [3.8, 4) is 0 Å². The van der Waals surface area contributed by atoms with Crippen LogP contribution in [0.1, 0.15) is 20.9 Å². The van der Waals surface area contributed by atoms with Gasteiger partial charge in [-0.3, -0.25) is 9.59 Å². The molecule has 0 saturated carbocycles. The summed E-state index contributed by atoms with van der Waals surface area (Å²) >= 11 is 5.79. The summed E-state index contributed by atoms with van der Waals surface area (Å²) in [6.45, 7) is -0.846. The van der Waals surface area contributed by atoms with E-state index in [0.717, 1.165) is 18.2 Å². The summed E-state index contributed by atoms with van der Waals surface area (Å²) in [5.74, 6) is -4.21. The molecule has 0 unspecified atom stereocenters. The normalized spacial score (nSPS) is 10.7. The predicted molar refractivity (Wildman–Crippen MR) is 88.5 cm³/mol. The first-order valence-electron chi connectivity index (χ1n) is 7.24. The van der Waals surface area contributed by atoms with Crippen LogP contribution in [0.15, 0.2) is 51.7 Å². The number of halogens is 3. The summed E-state index contributed by atoms with van der Waals surface area (Å²) in [5.41, 5.74) is -0.966. The zero-order valence-electron chi connectivity index (χ0n) is 12.9. The smallest absolute Gasteiger partial charge is 0.374 e. The third-order valence-corrected chi connectivity index (χ3v) is 3.69. The molecule has 0 spiro atoms. The molecule has 2 aromatic carbocycles. The maximum absolute atomic E-state index is 13.5. The minimum Gasteiger partial charge on any atom is -0.451 e. The molecular formula is C18H9ClF2O5. The summed E-state index contributed by atoms with van der Waals surface area (Å²) < 4.78 is 36.6. The molecule has 8 heteroatoms. The van der Waals surface area contributed by atoms with Crippen LogP contribution in [0.4, 0.5) is 8.78 Å². The van der Waals surface area contributed by atoms with Gasteiger partial charge in [-0.25, -0.2) is 13.6 Å².